The summed E-state index contributed by atoms with van der Waals surface area (Å²) >= 11 is 0. The van der Waals surface area contributed by atoms with E-state index >= 15 is 0 Å². The Labute approximate surface area is 94.0 Å². The molecule has 90 valence electrons. The van der Waals surface area contributed by atoms with Crippen LogP contribution in [0.2, 0.25) is 0 Å². The summed E-state index contributed by atoms with van der Waals surface area (Å²) in [7, 11) is 0. The van der Waals surface area contributed by atoms with Crippen molar-refractivity contribution in [2.24, 2.45) is 0 Å². The lowest BCUT2D eigenvalue weighted by molar-refractivity contribution is -0.188. The number of carbonyl (C=O) groups is 2. The first-order valence-corrected chi connectivity index (χ1v) is 5.28. The number of ether oxygens (including phenoxy) is 2. The summed E-state index contributed by atoms with van der Waals surface area (Å²) in [4.78, 5) is 23.1. The SMILES string of the molecule is CCOC(=O)CC1(CC)OC(O)C=CC1=O. The monoisotopic (exact) mass is 228 g/mol. The second kappa shape index (κ2) is 5.23. The number of rotatable bonds is 4. The zero-order valence-electron chi connectivity index (χ0n) is 9.43. The third kappa shape index (κ3) is 2.68. The van der Waals surface area contributed by atoms with E-state index in [0.717, 1.165) is 0 Å². The summed E-state index contributed by atoms with van der Waals surface area (Å²) in [6, 6.07) is 0. The predicted molar refractivity (Wildman–Crippen MR) is 55.5 cm³/mol. The van der Waals surface area contributed by atoms with E-state index in [2.05, 4.69) is 0 Å². The third-order valence-electron chi connectivity index (χ3n) is 2.51. The van der Waals surface area contributed by atoms with Crippen molar-refractivity contribution in [3.8, 4) is 0 Å². The average molecular weight is 228 g/mol. The van der Waals surface area contributed by atoms with Crippen molar-refractivity contribution in [3.05, 3.63) is 12.2 Å². The minimum Gasteiger partial charge on any atom is -0.466 e. The van der Waals surface area contributed by atoms with Crippen LogP contribution in [0.3, 0.4) is 0 Å². The molecule has 0 aliphatic carbocycles. The van der Waals surface area contributed by atoms with Crippen LogP contribution in [0, 0.1) is 0 Å². The molecule has 0 aromatic carbocycles. The van der Waals surface area contributed by atoms with E-state index in [0.29, 0.717) is 6.42 Å². The topological polar surface area (TPSA) is 72.8 Å². The highest BCUT2D eigenvalue weighted by Crippen LogP contribution is 2.28. The number of carbonyl (C=O) groups excluding carboxylic acids is 2. The summed E-state index contributed by atoms with van der Waals surface area (Å²) in [6.45, 7) is 3.67. The molecule has 0 aromatic rings. The predicted octanol–water partition coefficient (Wildman–Crippen LogP) is 0.562. The standard InChI is InChI=1S/C11H16O5/c1-3-11(7-10(14)15-4-2)8(12)5-6-9(13)16-11/h5-6,9,13H,3-4,7H2,1-2H3. The Morgan fingerprint density at radius 2 is 2.31 bits per heavy atom. The van der Waals surface area contributed by atoms with Crippen molar-refractivity contribution in [2.45, 2.75) is 38.6 Å². The number of hydrogen-bond acceptors (Lipinski definition) is 5. The van der Waals surface area contributed by atoms with Crippen LogP contribution in [0.5, 0.6) is 0 Å². The highest BCUT2D eigenvalue weighted by Gasteiger charge is 2.42. The molecule has 16 heavy (non-hydrogen) atoms. The lowest BCUT2D eigenvalue weighted by Crippen LogP contribution is -2.47. The zero-order valence-corrected chi connectivity index (χ0v) is 9.43. The van der Waals surface area contributed by atoms with Gasteiger partial charge in [-0.15, -0.1) is 0 Å². The molecule has 0 saturated heterocycles. The fourth-order valence-electron chi connectivity index (χ4n) is 1.61. The van der Waals surface area contributed by atoms with Crippen molar-refractivity contribution < 1.29 is 24.2 Å². The molecule has 1 aliphatic heterocycles. The molecule has 2 atom stereocenters. The minimum absolute atomic E-state index is 0.169. The van der Waals surface area contributed by atoms with Crippen LogP contribution in [0.4, 0.5) is 0 Å². The van der Waals surface area contributed by atoms with E-state index in [4.69, 9.17) is 9.47 Å². The lowest BCUT2D eigenvalue weighted by atomic mass is 9.89. The van der Waals surface area contributed by atoms with Gasteiger partial charge in [-0.05, 0) is 25.5 Å². The Bertz CT molecular complexity index is 309. The van der Waals surface area contributed by atoms with Crippen LogP contribution in [-0.2, 0) is 19.1 Å². The molecule has 0 saturated carbocycles. The Kier molecular flexibility index (Phi) is 4.20. The number of aliphatic hydroxyl groups is 1. The van der Waals surface area contributed by atoms with Gasteiger partial charge in [-0.2, -0.15) is 0 Å². The van der Waals surface area contributed by atoms with E-state index < -0.39 is 17.9 Å². The molecule has 0 bridgehead atoms. The molecular weight excluding hydrogens is 212 g/mol. The molecule has 2 unspecified atom stereocenters. The van der Waals surface area contributed by atoms with Gasteiger partial charge in [-0.3, -0.25) is 9.59 Å². The van der Waals surface area contributed by atoms with E-state index in [1.54, 1.807) is 13.8 Å². The maximum atomic E-state index is 11.7. The Hall–Kier alpha value is -1.20. The molecule has 1 rings (SSSR count). The molecule has 0 fully saturated rings. The van der Waals surface area contributed by atoms with Gasteiger partial charge >= 0.3 is 5.97 Å². The van der Waals surface area contributed by atoms with Gasteiger partial charge in [0.05, 0.1) is 13.0 Å². The van der Waals surface area contributed by atoms with Gasteiger partial charge in [0.2, 0.25) is 0 Å². The van der Waals surface area contributed by atoms with E-state index in [1.807, 2.05) is 0 Å². The molecule has 1 N–H and O–H groups in total. The van der Waals surface area contributed by atoms with Crippen LogP contribution in [0.25, 0.3) is 0 Å². The Balaban J connectivity index is 2.80. The fourth-order valence-corrected chi connectivity index (χ4v) is 1.61. The largest absolute Gasteiger partial charge is 0.466 e. The molecule has 5 heteroatoms. The molecule has 0 radical (unpaired) electrons. The Morgan fingerprint density at radius 3 is 2.88 bits per heavy atom. The highest BCUT2D eigenvalue weighted by atomic mass is 16.6. The molecule has 0 amide bonds. The summed E-state index contributed by atoms with van der Waals surface area (Å²) in [5.74, 6) is -0.812. The van der Waals surface area contributed by atoms with Gasteiger partial charge in [-0.1, -0.05) is 6.92 Å². The normalized spacial score (nSPS) is 29.2. The van der Waals surface area contributed by atoms with Gasteiger partial charge in [0, 0.05) is 0 Å². The van der Waals surface area contributed by atoms with Crippen molar-refractivity contribution in [2.75, 3.05) is 6.61 Å². The molecular formula is C11H16O5. The van der Waals surface area contributed by atoms with Gasteiger partial charge in [-0.25, -0.2) is 0 Å². The minimum atomic E-state index is -1.28. The summed E-state index contributed by atoms with van der Waals surface area (Å²) in [5, 5.41) is 9.32. The fraction of sp³-hybridized carbons (Fsp3) is 0.636. The average Bonchev–Trinajstić information content (AvgIpc) is 2.24. The van der Waals surface area contributed by atoms with Crippen molar-refractivity contribution in [1.29, 1.82) is 0 Å². The molecule has 0 aromatic heterocycles. The van der Waals surface area contributed by atoms with Crippen LogP contribution in [0.1, 0.15) is 26.7 Å². The molecule has 5 nitrogen and oxygen atoms in total. The van der Waals surface area contributed by atoms with E-state index in [-0.39, 0.29) is 18.8 Å². The number of aliphatic hydroxyl groups excluding tert-OH is 1. The van der Waals surface area contributed by atoms with Crippen LogP contribution < -0.4 is 0 Å². The Morgan fingerprint density at radius 1 is 1.62 bits per heavy atom. The lowest BCUT2D eigenvalue weighted by Gasteiger charge is -2.33. The second-order valence-electron chi connectivity index (χ2n) is 3.56. The summed E-state index contributed by atoms with van der Waals surface area (Å²) in [5.41, 5.74) is -1.28. The maximum absolute atomic E-state index is 11.7. The summed E-state index contributed by atoms with van der Waals surface area (Å²) in [6.07, 6.45) is 1.49. The third-order valence-corrected chi connectivity index (χ3v) is 2.51. The van der Waals surface area contributed by atoms with Crippen molar-refractivity contribution >= 4 is 11.8 Å². The van der Waals surface area contributed by atoms with Crippen molar-refractivity contribution in [3.63, 3.8) is 0 Å². The first-order chi connectivity index (χ1) is 7.54. The number of esters is 1. The maximum Gasteiger partial charge on any atom is 0.309 e. The summed E-state index contributed by atoms with van der Waals surface area (Å²) < 4.78 is 9.95. The first kappa shape index (κ1) is 12.9. The molecule has 1 aliphatic rings. The van der Waals surface area contributed by atoms with Crippen LogP contribution >= 0.6 is 0 Å². The molecule has 0 spiro atoms. The molecule has 1 heterocycles. The van der Waals surface area contributed by atoms with E-state index in [9.17, 15) is 14.7 Å². The highest BCUT2D eigenvalue weighted by molar-refractivity contribution is 6.00. The smallest absolute Gasteiger partial charge is 0.309 e. The van der Waals surface area contributed by atoms with E-state index in [1.165, 1.54) is 12.2 Å². The quantitative estimate of drug-likeness (QED) is 0.712. The second-order valence-corrected chi connectivity index (χ2v) is 3.56. The zero-order chi connectivity index (χ0) is 12.2. The number of ketones is 1. The van der Waals surface area contributed by atoms with Crippen molar-refractivity contribution in [1.82, 2.24) is 0 Å². The van der Waals surface area contributed by atoms with Gasteiger partial charge in [0.15, 0.2) is 12.1 Å². The van der Waals surface area contributed by atoms with Crippen LogP contribution in [0.15, 0.2) is 12.2 Å². The van der Waals surface area contributed by atoms with Gasteiger partial charge in [0.1, 0.15) is 5.60 Å². The number of hydrogen-bond donors (Lipinski definition) is 1. The van der Waals surface area contributed by atoms with Crippen LogP contribution in [-0.4, -0.2) is 35.4 Å². The van der Waals surface area contributed by atoms with Gasteiger partial charge in [0.25, 0.3) is 0 Å². The first-order valence-electron chi connectivity index (χ1n) is 5.28. The van der Waals surface area contributed by atoms with Gasteiger partial charge < -0.3 is 14.6 Å².